The maximum Gasteiger partial charge on any atom is 0.263 e. The van der Waals surface area contributed by atoms with E-state index in [1.165, 1.54) is 15.2 Å². The summed E-state index contributed by atoms with van der Waals surface area (Å²) in [6.45, 7) is 2.27. The van der Waals surface area contributed by atoms with Crippen molar-refractivity contribution in [3.8, 4) is 0 Å². The third-order valence-corrected chi connectivity index (χ3v) is 5.61. The van der Waals surface area contributed by atoms with E-state index in [1.807, 2.05) is 0 Å². The van der Waals surface area contributed by atoms with E-state index in [0.29, 0.717) is 12.8 Å². The maximum atomic E-state index is 12.3. The molecule has 0 radical (unpaired) electrons. The summed E-state index contributed by atoms with van der Waals surface area (Å²) >= 11 is 5.91. The molecule has 0 atom stereocenters. The number of hydrogen-bond acceptors (Lipinski definition) is 4. The van der Waals surface area contributed by atoms with Gasteiger partial charge < -0.3 is 9.67 Å². The van der Waals surface area contributed by atoms with Crippen molar-refractivity contribution in [3.63, 3.8) is 0 Å². The predicted octanol–water partition coefficient (Wildman–Crippen LogP) is 0.609. The first-order valence-electron chi connectivity index (χ1n) is 5.63. The van der Waals surface area contributed by atoms with Crippen molar-refractivity contribution in [2.45, 2.75) is 30.4 Å². The Hall–Kier alpha value is -0.630. The minimum Gasteiger partial charge on any atom is -0.390 e. The Bertz CT molecular complexity index is 543. The molecule has 1 saturated heterocycles. The fraction of sp³-hybridized carbons (Fsp3) is 0.700. The summed E-state index contributed by atoms with van der Waals surface area (Å²) in [5.41, 5.74) is -0.792. The van der Waals surface area contributed by atoms with Crippen LogP contribution in [0.2, 0.25) is 5.15 Å². The van der Waals surface area contributed by atoms with Crippen molar-refractivity contribution >= 4 is 21.6 Å². The Morgan fingerprint density at radius 3 is 2.44 bits per heavy atom. The number of aromatic nitrogens is 2. The molecular weight excluding hydrogens is 278 g/mol. The summed E-state index contributed by atoms with van der Waals surface area (Å²) in [4.78, 5) is 3.84. The molecule has 0 aromatic carbocycles. The first-order chi connectivity index (χ1) is 8.24. The Kier molecular flexibility index (Phi) is 3.44. The molecule has 2 heterocycles. The Morgan fingerprint density at radius 1 is 1.44 bits per heavy atom. The Morgan fingerprint density at radius 2 is 2.00 bits per heavy atom. The number of rotatable bonds is 2. The van der Waals surface area contributed by atoms with Gasteiger partial charge in [-0.3, -0.25) is 0 Å². The zero-order chi connectivity index (χ0) is 13.6. The lowest BCUT2D eigenvalue weighted by atomic mass is 9.95. The first kappa shape index (κ1) is 13.8. The molecule has 0 unspecified atom stereocenters. The Balaban J connectivity index is 2.26. The lowest BCUT2D eigenvalue weighted by molar-refractivity contribution is 0.0125. The molecule has 2 rings (SSSR count). The second-order valence-corrected chi connectivity index (χ2v) is 7.06. The van der Waals surface area contributed by atoms with Crippen molar-refractivity contribution < 1.29 is 13.5 Å². The van der Waals surface area contributed by atoms with E-state index >= 15 is 0 Å². The van der Waals surface area contributed by atoms with Crippen LogP contribution in [0.5, 0.6) is 0 Å². The third-order valence-electron chi connectivity index (χ3n) is 3.22. The maximum absolute atomic E-state index is 12.3. The van der Waals surface area contributed by atoms with Crippen LogP contribution in [0.25, 0.3) is 0 Å². The third kappa shape index (κ3) is 2.40. The lowest BCUT2D eigenvalue weighted by Crippen LogP contribution is -2.45. The van der Waals surface area contributed by atoms with Gasteiger partial charge >= 0.3 is 0 Å². The molecule has 1 N–H and O–H groups in total. The molecule has 8 heteroatoms. The van der Waals surface area contributed by atoms with Crippen molar-refractivity contribution in [2.75, 3.05) is 13.1 Å². The highest BCUT2D eigenvalue weighted by Crippen LogP contribution is 2.28. The van der Waals surface area contributed by atoms with E-state index in [0.717, 1.165) is 0 Å². The van der Waals surface area contributed by atoms with Crippen LogP contribution in [0.15, 0.2) is 11.4 Å². The zero-order valence-corrected chi connectivity index (χ0v) is 11.9. The van der Waals surface area contributed by atoms with Gasteiger partial charge in [0, 0.05) is 20.1 Å². The van der Waals surface area contributed by atoms with Gasteiger partial charge in [0.25, 0.3) is 10.0 Å². The highest BCUT2D eigenvalue weighted by atomic mass is 35.5. The van der Waals surface area contributed by atoms with Crippen molar-refractivity contribution in [1.82, 2.24) is 13.9 Å². The number of imidazole rings is 1. The first-order valence-corrected chi connectivity index (χ1v) is 7.45. The average Bonchev–Trinajstić information content (AvgIpc) is 2.59. The summed E-state index contributed by atoms with van der Waals surface area (Å²) in [7, 11) is -2.03. The van der Waals surface area contributed by atoms with Crippen LogP contribution in [-0.2, 0) is 17.1 Å². The van der Waals surface area contributed by atoms with Gasteiger partial charge in [-0.1, -0.05) is 11.6 Å². The number of sulfonamides is 1. The molecule has 1 aromatic rings. The molecule has 0 spiro atoms. The number of nitrogens with zero attached hydrogens (tertiary/aromatic N) is 3. The average molecular weight is 294 g/mol. The second-order valence-electron chi connectivity index (χ2n) is 4.85. The van der Waals surface area contributed by atoms with Crippen LogP contribution in [0.1, 0.15) is 19.8 Å². The van der Waals surface area contributed by atoms with Gasteiger partial charge in [-0.2, -0.15) is 4.31 Å². The quantitative estimate of drug-likeness (QED) is 0.867. The number of aliphatic hydroxyl groups is 1. The molecule has 0 bridgehead atoms. The molecule has 18 heavy (non-hydrogen) atoms. The van der Waals surface area contributed by atoms with Gasteiger partial charge in [0.2, 0.25) is 5.03 Å². The lowest BCUT2D eigenvalue weighted by Gasteiger charge is -2.34. The number of hydrogen-bond donors (Lipinski definition) is 1. The van der Waals surface area contributed by atoms with Gasteiger partial charge in [0.1, 0.15) is 5.15 Å². The van der Waals surface area contributed by atoms with Gasteiger partial charge in [0.05, 0.1) is 11.9 Å². The molecule has 0 saturated carbocycles. The van der Waals surface area contributed by atoms with Crippen LogP contribution in [-0.4, -0.2) is 46.1 Å². The number of halogens is 1. The molecule has 6 nitrogen and oxygen atoms in total. The molecule has 1 aliphatic heterocycles. The summed E-state index contributed by atoms with van der Waals surface area (Å²) in [5, 5.41) is 9.81. The zero-order valence-electron chi connectivity index (χ0n) is 10.3. The van der Waals surface area contributed by atoms with Crippen molar-refractivity contribution in [1.29, 1.82) is 0 Å². The molecule has 0 amide bonds. The largest absolute Gasteiger partial charge is 0.390 e. The van der Waals surface area contributed by atoms with E-state index in [1.54, 1.807) is 14.0 Å². The molecule has 102 valence electrons. The predicted molar refractivity (Wildman–Crippen MR) is 66.8 cm³/mol. The topological polar surface area (TPSA) is 75.4 Å². The minimum absolute atomic E-state index is 0.104. The van der Waals surface area contributed by atoms with Crippen molar-refractivity contribution in [2.24, 2.45) is 7.05 Å². The van der Waals surface area contributed by atoms with E-state index < -0.39 is 15.6 Å². The summed E-state index contributed by atoms with van der Waals surface area (Å²) < 4.78 is 27.4. The standard InChI is InChI=1S/C10H16ClN3O3S/c1-10(15)3-5-14(6-4-10)18(16,17)9-8(11)13(2)7-12-9/h7,15H,3-6H2,1-2H3. The number of piperidine rings is 1. The summed E-state index contributed by atoms with van der Waals surface area (Å²) in [6, 6.07) is 0. The highest BCUT2D eigenvalue weighted by Gasteiger charge is 2.36. The van der Waals surface area contributed by atoms with Crippen LogP contribution in [0.4, 0.5) is 0 Å². The van der Waals surface area contributed by atoms with E-state index in [2.05, 4.69) is 4.98 Å². The Labute approximate surface area is 111 Å². The minimum atomic E-state index is -3.66. The number of aryl methyl sites for hydroxylation is 1. The van der Waals surface area contributed by atoms with E-state index in [4.69, 9.17) is 11.6 Å². The van der Waals surface area contributed by atoms with Crippen LogP contribution in [0, 0.1) is 0 Å². The normalized spacial score (nSPS) is 21.1. The van der Waals surface area contributed by atoms with Gasteiger partial charge in [0.15, 0.2) is 0 Å². The molecule has 1 aromatic heterocycles. The summed E-state index contributed by atoms with van der Waals surface area (Å²) in [6.07, 6.45) is 2.20. The highest BCUT2D eigenvalue weighted by molar-refractivity contribution is 7.89. The summed E-state index contributed by atoms with van der Waals surface area (Å²) in [5.74, 6) is 0. The molecule has 1 fully saturated rings. The van der Waals surface area contributed by atoms with Crippen molar-refractivity contribution in [3.05, 3.63) is 11.5 Å². The van der Waals surface area contributed by atoms with Crippen LogP contribution >= 0.6 is 11.6 Å². The van der Waals surface area contributed by atoms with Gasteiger partial charge in [-0.25, -0.2) is 13.4 Å². The molecule has 0 aliphatic carbocycles. The monoisotopic (exact) mass is 293 g/mol. The van der Waals surface area contributed by atoms with Crippen LogP contribution in [0.3, 0.4) is 0 Å². The SMILES string of the molecule is Cn1cnc(S(=O)(=O)N2CCC(C)(O)CC2)c1Cl. The van der Waals surface area contributed by atoms with Gasteiger partial charge in [-0.05, 0) is 19.8 Å². The van der Waals surface area contributed by atoms with E-state index in [-0.39, 0.29) is 23.3 Å². The van der Waals surface area contributed by atoms with Gasteiger partial charge in [-0.15, -0.1) is 0 Å². The smallest absolute Gasteiger partial charge is 0.263 e. The molecule has 1 aliphatic rings. The van der Waals surface area contributed by atoms with E-state index in [9.17, 15) is 13.5 Å². The fourth-order valence-electron chi connectivity index (χ4n) is 1.90. The fourth-order valence-corrected chi connectivity index (χ4v) is 3.73. The van der Waals surface area contributed by atoms with Crippen LogP contribution < -0.4 is 0 Å². The second kappa shape index (κ2) is 4.48. The molecular formula is C10H16ClN3O3S.